The summed E-state index contributed by atoms with van der Waals surface area (Å²) in [6.07, 6.45) is 0. The molecule has 1 aromatic heterocycles. The number of nitrogens with zero attached hydrogens (tertiary/aromatic N) is 2. The van der Waals surface area contributed by atoms with Gasteiger partial charge in [0.25, 0.3) is 0 Å². The molecular weight excluding hydrogens is 194 g/mol. The van der Waals surface area contributed by atoms with E-state index >= 15 is 0 Å². The summed E-state index contributed by atoms with van der Waals surface area (Å²) >= 11 is 1.23. The van der Waals surface area contributed by atoms with Crippen LogP contribution >= 0.6 is 11.7 Å². The molecule has 0 aliphatic rings. The van der Waals surface area contributed by atoms with Gasteiger partial charge in [0.15, 0.2) is 0 Å². The van der Waals surface area contributed by atoms with Gasteiger partial charge in [-0.3, -0.25) is 0 Å². The second kappa shape index (κ2) is 2.65. The van der Waals surface area contributed by atoms with E-state index in [1.54, 1.807) is 0 Å². The van der Waals surface area contributed by atoms with Gasteiger partial charge >= 0.3 is 0 Å². The minimum absolute atomic E-state index is 0.762. The van der Waals surface area contributed by atoms with Crippen LogP contribution < -0.4 is 5.73 Å². The van der Waals surface area contributed by atoms with Crippen LogP contribution in [-0.2, 0) is 0 Å². The van der Waals surface area contributed by atoms with Crippen molar-refractivity contribution in [3.63, 3.8) is 0 Å². The zero-order valence-corrected chi connectivity index (χ0v) is 8.08. The Morgan fingerprint density at radius 2 is 1.93 bits per heavy atom. The number of benzene rings is 2. The van der Waals surface area contributed by atoms with E-state index < -0.39 is 0 Å². The smallest absolute Gasteiger partial charge is 0.112 e. The standard InChI is InChI=1S/C10H7N3S/c11-7-3-1-6-2-4-9-10(8(6)5-7)13-14-12-9/h1-5H,11H2. The molecule has 0 saturated heterocycles. The van der Waals surface area contributed by atoms with Crippen molar-refractivity contribution in [1.82, 2.24) is 8.75 Å². The summed E-state index contributed by atoms with van der Waals surface area (Å²) in [7, 11) is 0. The number of nitrogen functional groups attached to an aromatic ring is 1. The monoisotopic (exact) mass is 201 g/mol. The largest absolute Gasteiger partial charge is 0.399 e. The fourth-order valence-corrected chi connectivity index (χ4v) is 2.13. The molecule has 1 heterocycles. The van der Waals surface area contributed by atoms with E-state index in [-0.39, 0.29) is 0 Å². The van der Waals surface area contributed by atoms with Gasteiger partial charge in [0.05, 0.1) is 11.7 Å². The highest BCUT2D eigenvalue weighted by Crippen LogP contribution is 2.25. The van der Waals surface area contributed by atoms with Gasteiger partial charge in [-0.1, -0.05) is 12.1 Å². The van der Waals surface area contributed by atoms with Crippen molar-refractivity contribution in [2.75, 3.05) is 5.73 Å². The molecule has 0 fully saturated rings. The Morgan fingerprint density at radius 3 is 2.86 bits per heavy atom. The van der Waals surface area contributed by atoms with Crippen molar-refractivity contribution in [1.29, 1.82) is 0 Å². The lowest BCUT2D eigenvalue weighted by molar-refractivity contribution is 1.67. The summed E-state index contributed by atoms with van der Waals surface area (Å²) < 4.78 is 8.45. The van der Waals surface area contributed by atoms with Crippen LogP contribution in [0.1, 0.15) is 0 Å². The van der Waals surface area contributed by atoms with Crippen LogP contribution in [0.4, 0.5) is 5.69 Å². The zero-order chi connectivity index (χ0) is 9.54. The average Bonchev–Trinajstić information content (AvgIpc) is 2.65. The van der Waals surface area contributed by atoms with E-state index in [1.807, 2.05) is 30.3 Å². The molecular formula is C10H7N3S. The Bertz CT molecular complexity index is 615. The predicted molar refractivity (Wildman–Crippen MR) is 59.3 cm³/mol. The Kier molecular flexibility index (Phi) is 1.46. The maximum absolute atomic E-state index is 5.74. The van der Waals surface area contributed by atoms with Crippen molar-refractivity contribution in [2.45, 2.75) is 0 Å². The zero-order valence-electron chi connectivity index (χ0n) is 7.27. The fraction of sp³-hybridized carbons (Fsp3) is 0. The quantitative estimate of drug-likeness (QED) is 0.568. The second-order valence-electron chi connectivity index (χ2n) is 3.18. The third-order valence-corrected chi connectivity index (χ3v) is 2.81. The van der Waals surface area contributed by atoms with Crippen LogP contribution in [0.15, 0.2) is 30.3 Å². The molecule has 68 valence electrons. The number of rotatable bonds is 0. The topological polar surface area (TPSA) is 51.8 Å². The first-order chi connectivity index (χ1) is 6.84. The average molecular weight is 201 g/mol. The van der Waals surface area contributed by atoms with Crippen LogP contribution in [-0.4, -0.2) is 8.75 Å². The summed E-state index contributed by atoms with van der Waals surface area (Å²) in [6.45, 7) is 0. The normalized spacial score (nSPS) is 11.1. The minimum atomic E-state index is 0.762. The Balaban J connectivity index is 2.60. The van der Waals surface area contributed by atoms with Gasteiger partial charge in [0.1, 0.15) is 11.0 Å². The van der Waals surface area contributed by atoms with Crippen molar-refractivity contribution in [3.8, 4) is 0 Å². The van der Waals surface area contributed by atoms with Gasteiger partial charge in [0, 0.05) is 11.1 Å². The number of aromatic nitrogens is 2. The van der Waals surface area contributed by atoms with Crippen LogP contribution in [0, 0.1) is 0 Å². The molecule has 3 aromatic rings. The lowest BCUT2D eigenvalue weighted by atomic mass is 10.1. The van der Waals surface area contributed by atoms with E-state index in [1.165, 1.54) is 11.7 Å². The molecule has 2 N–H and O–H groups in total. The molecule has 3 rings (SSSR count). The molecule has 0 unspecified atom stereocenters. The lowest BCUT2D eigenvalue weighted by Gasteiger charge is -1.98. The molecule has 3 nitrogen and oxygen atoms in total. The van der Waals surface area contributed by atoms with Crippen LogP contribution in [0.2, 0.25) is 0 Å². The maximum Gasteiger partial charge on any atom is 0.112 e. The lowest BCUT2D eigenvalue weighted by Crippen LogP contribution is -1.84. The number of fused-ring (bicyclic) bond motifs is 3. The molecule has 0 spiro atoms. The minimum Gasteiger partial charge on any atom is -0.399 e. The van der Waals surface area contributed by atoms with Crippen molar-refractivity contribution >= 4 is 39.2 Å². The van der Waals surface area contributed by atoms with Crippen molar-refractivity contribution in [3.05, 3.63) is 30.3 Å². The van der Waals surface area contributed by atoms with Gasteiger partial charge in [-0.05, 0) is 23.6 Å². The fourth-order valence-electron chi connectivity index (χ4n) is 1.58. The number of nitrogens with two attached hydrogens (primary N) is 1. The molecule has 0 aliphatic carbocycles. The van der Waals surface area contributed by atoms with Crippen molar-refractivity contribution in [2.24, 2.45) is 0 Å². The molecule has 0 aliphatic heterocycles. The molecule has 4 heteroatoms. The Labute approximate surface area is 84.5 Å². The van der Waals surface area contributed by atoms with Gasteiger partial charge < -0.3 is 5.73 Å². The van der Waals surface area contributed by atoms with Gasteiger partial charge in [-0.15, -0.1) is 0 Å². The van der Waals surface area contributed by atoms with E-state index in [4.69, 9.17) is 5.73 Å². The van der Waals surface area contributed by atoms with Crippen LogP contribution in [0.3, 0.4) is 0 Å². The molecule has 14 heavy (non-hydrogen) atoms. The molecule has 2 aromatic carbocycles. The highest BCUT2D eigenvalue weighted by Gasteiger charge is 2.03. The highest BCUT2D eigenvalue weighted by molar-refractivity contribution is 7.00. The summed E-state index contributed by atoms with van der Waals surface area (Å²) in [5.41, 5.74) is 8.38. The first-order valence-corrected chi connectivity index (χ1v) is 4.98. The number of hydrogen-bond donors (Lipinski definition) is 1. The summed E-state index contributed by atoms with van der Waals surface area (Å²) in [4.78, 5) is 0. The van der Waals surface area contributed by atoms with Gasteiger partial charge in [-0.25, -0.2) is 0 Å². The number of anilines is 1. The SMILES string of the molecule is Nc1ccc2ccc3nsnc3c2c1. The van der Waals surface area contributed by atoms with E-state index in [2.05, 4.69) is 8.75 Å². The van der Waals surface area contributed by atoms with Crippen molar-refractivity contribution < 1.29 is 0 Å². The molecule has 0 radical (unpaired) electrons. The Hall–Kier alpha value is -1.68. The van der Waals surface area contributed by atoms with E-state index in [9.17, 15) is 0 Å². The van der Waals surface area contributed by atoms with E-state index in [0.717, 1.165) is 27.5 Å². The number of hydrogen-bond acceptors (Lipinski definition) is 4. The van der Waals surface area contributed by atoms with Crippen LogP contribution in [0.5, 0.6) is 0 Å². The predicted octanol–water partition coefficient (Wildman–Crippen LogP) is 2.43. The molecule has 0 saturated carbocycles. The molecule has 0 amide bonds. The highest BCUT2D eigenvalue weighted by atomic mass is 32.1. The van der Waals surface area contributed by atoms with E-state index in [0.29, 0.717) is 0 Å². The van der Waals surface area contributed by atoms with Gasteiger partial charge in [-0.2, -0.15) is 8.75 Å². The second-order valence-corrected chi connectivity index (χ2v) is 3.71. The molecule has 0 bridgehead atoms. The first kappa shape index (κ1) is 7.70. The van der Waals surface area contributed by atoms with Crippen LogP contribution in [0.25, 0.3) is 21.8 Å². The third-order valence-electron chi connectivity index (χ3n) is 2.27. The first-order valence-electron chi connectivity index (χ1n) is 4.25. The third kappa shape index (κ3) is 0.975. The molecule has 0 atom stereocenters. The van der Waals surface area contributed by atoms with Gasteiger partial charge in [0.2, 0.25) is 0 Å². The maximum atomic E-state index is 5.74. The summed E-state index contributed by atoms with van der Waals surface area (Å²) in [5.74, 6) is 0. The summed E-state index contributed by atoms with van der Waals surface area (Å²) in [6, 6.07) is 9.87. The summed E-state index contributed by atoms with van der Waals surface area (Å²) in [5, 5.41) is 2.23. The Morgan fingerprint density at radius 1 is 1.07 bits per heavy atom.